The molecule has 0 fully saturated rings. The van der Waals surface area contributed by atoms with Gasteiger partial charge in [-0.3, -0.25) is 0 Å². The number of hydrogen-bond donors (Lipinski definition) is 2. The molecule has 24 heavy (non-hydrogen) atoms. The van der Waals surface area contributed by atoms with Crippen LogP contribution in [0, 0.1) is 0 Å². The van der Waals surface area contributed by atoms with Gasteiger partial charge in [-0.15, -0.1) is 0 Å². The van der Waals surface area contributed by atoms with Crippen molar-refractivity contribution >= 4 is 18.7 Å². The Balaban J connectivity index is 2.29. The van der Waals surface area contributed by atoms with E-state index in [0.717, 1.165) is 36.2 Å². The van der Waals surface area contributed by atoms with Crippen LogP contribution in [-0.4, -0.2) is 19.7 Å². The van der Waals surface area contributed by atoms with Crippen molar-refractivity contribution in [3.63, 3.8) is 0 Å². The van der Waals surface area contributed by atoms with Gasteiger partial charge in [0, 0.05) is 0 Å². The third-order valence-corrected chi connectivity index (χ3v) is 9.67. The molecule has 2 rings (SSSR count). The van der Waals surface area contributed by atoms with Crippen LogP contribution >= 0.6 is 0 Å². The van der Waals surface area contributed by atoms with Crippen molar-refractivity contribution in [2.45, 2.75) is 51.0 Å². The smallest absolute Gasteiger partial charge is 0.258 e. The van der Waals surface area contributed by atoms with Crippen molar-refractivity contribution in [1.82, 2.24) is 0 Å². The quantitative estimate of drug-likeness (QED) is 0.542. The van der Waals surface area contributed by atoms with Crippen LogP contribution in [0.4, 0.5) is 0 Å². The largest absolute Gasteiger partial charge is 0.424 e. The first-order chi connectivity index (χ1) is 11.5. The Morgan fingerprint density at radius 2 is 1.25 bits per heavy atom. The van der Waals surface area contributed by atoms with Crippen molar-refractivity contribution in [2.24, 2.45) is 5.73 Å². The molecular weight excluding hydrogens is 310 g/mol. The lowest BCUT2D eigenvalue weighted by Crippen LogP contribution is -2.65. The summed E-state index contributed by atoms with van der Waals surface area (Å²) in [6.07, 6.45) is 5.64. The van der Waals surface area contributed by atoms with Gasteiger partial charge in [0.25, 0.3) is 8.32 Å². The number of unbranched alkanes of at least 4 members (excludes halogenated alkanes) is 3. The molecule has 0 bridgehead atoms. The van der Waals surface area contributed by atoms with Gasteiger partial charge in [-0.2, -0.15) is 0 Å². The van der Waals surface area contributed by atoms with E-state index in [1.165, 1.54) is 12.8 Å². The van der Waals surface area contributed by atoms with Gasteiger partial charge in [0.2, 0.25) is 0 Å². The van der Waals surface area contributed by atoms with Gasteiger partial charge in [0.15, 0.2) is 0 Å². The molecule has 0 spiro atoms. The van der Waals surface area contributed by atoms with Gasteiger partial charge < -0.3 is 10.5 Å². The maximum absolute atomic E-state index is 12.0. The van der Waals surface area contributed by atoms with Crippen LogP contribution in [0.1, 0.15) is 46.0 Å². The molecule has 2 aromatic rings. The van der Waals surface area contributed by atoms with Crippen molar-refractivity contribution in [3.8, 4) is 0 Å². The fraction of sp³-hybridized carbons (Fsp3) is 0.429. The first-order valence-corrected chi connectivity index (χ1v) is 11.0. The minimum absolute atomic E-state index is 0.127. The third-order valence-electron chi connectivity index (χ3n) is 5.12. The zero-order chi connectivity index (χ0) is 17.5. The van der Waals surface area contributed by atoms with E-state index >= 15 is 0 Å². The fourth-order valence-corrected chi connectivity index (χ4v) is 7.34. The van der Waals surface area contributed by atoms with E-state index in [1.54, 1.807) is 0 Å². The molecule has 0 heterocycles. The van der Waals surface area contributed by atoms with Gasteiger partial charge in [-0.25, -0.2) is 0 Å². The molecule has 0 aliphatic heterocycles. The zero-order valence-electron chi connectivity index (χ0n) is 15.0. The topological polar surface area (TPSA) is 46.2 Å². The average Bonchev–Trinajstić information content (AvgIpc) is 2.62. The molecule has 0 atom stereocenters. The van der Waals surface area contributed by atoms with Crippen molar-refractivity contribution < 1.29 is 4.80 Å². The number of rotatable bonds is 9. The van der Waals surface area contributed by atoms with Gasteiger partial charge in [0.05, 0.1) is 0 Å². The maximum atomic E-state index is 12.0. The van der Waals surface area contributed by atoms with Gasteiger partial charge in [-0.05, 0) is 34.8 Å². The lowest BCUT2D eigenvalue weighted by Gasteiger charge is -2.41. The molecule has 0 radical (unpaired) electrons. The van der Waals surface area contributed by atoms with E-state index in [1.807, 2.05) is 36.4 Å². The Bertz CT molecular complexity index is 558. The van der Waals surface area contributed by atoms with Crippen molar-refractivity contribution in [2.75, 3.05) is 6.54 Å². The Kier molecular flexibility index (Phi) is 6.78. The highest BCUT2D eigenvalue weighted by atomic mass is 28.4. The molecule has 0 aromatic heterocycles. The summed E-state index contributed by atoms with van der Waals surface area (Å²) in [7, 11) is -2.82. The summed E-state index contributed by atoms with van der Waals surface area (Å²) in [5, 5.41) is 2.07. The molecular formula is C21H31NOSi. The van der Waals surface area contributed by atoms with Crippen molar-refractivity contribution in [3.05, 3.63) is 60.7 Å². The average molecular weight is 342 g/mol. The first-order valence-electron chi connectivity index (χ1n) is 9.06. The number of nitrogens with two attached hydrogens (primary N) is 1. The molecule has 2 aromatic carbocycles. The second kappa shape index (κ2) is 8.61. The molecule has 0 aliphatic carbocycles. The van der Waals surface area contributed by atoms with Gasteiger partial charge in [0.1, 0.15) is 0 Å². The van der Waals surface area contributed by atoms with Crippen molar-refractivity contribution in [1.29, 1.82) is 0 Å². The highest BCUT2D eigenvalue weighted by molar-refractivity contribution is 6.98. The summed E-state index contributed by atoms with van der Waals surface area (Å²) < 4.78 is 0. The molecule has 0 saturated heterocycles. The van der Waals surface area contributed by atoms with Crippen LogP contribution < -0.4 is 16.1 Å². The Morgan fingerprint density at radius 1 is 0.792 bits per heavy atom. The molecule has 0 unspecified atom stereocenters. The predicted molar refractivity (Wildman–Crippen MR) is 106 cm³/mol. The lowest BCUT2D eigenvalue weighted by molar-refractivity contribution is 0.448. The Hall–Kier alpha value is -1.42. The van der Waals surface area contributed by atoms with Crippen LogP contribution in [0.15, 0.2) is 60.7 Å². The Morgan fingerprint density at radius 3 is 1.71 bits per heavy atom. The second-order valence-electron chi connectivity index (χ2n) is 7.28. The van der Waals surface area contributed by atoms with Crippen LogP contribution in [0.25, 0.3) is 0 Å². The fourth-order valence-electron chi connectivity index (χ4n) is 3.55. The molecule has 3 N–H and O–H groups in total. The number of benzene rings is 2. The summed E-state index contributed by atoms with van der Waals surface area (Å²) in [6.45, 7) is 5.25. The van der Waals surface area contributed by atoms with E-state index in [0.29, 0.717) is 0 Å². The van der Waals surface area contributed by atoms with Gasteiger partial charge in [-0.1, -0.05) is 93.8 Å². The standard InChI is InChI=1S/C21H31NOSi/c1-21(2,17-11-3-4-12-18-22)24(23,19-13-7-5-8-14-19)20-15-9-6-10-16-20/h5-10,13-16,23H,3-4,11-12,17-18,22H2,1-2H3. The highest BCUT2D eigenvalue weighted by Gasteiger charge is 2.49. The minimum atomic E-state index is -2.82. The first kappa shape index (κ1) is 18.9. The maximum Gasteiger partial charge on any atom is 0.258 e. The van der Waals surface area contributed by atoms with E-state index in [-0.39, 0.29) is 5.04 Å². The summed E-state index contributed by atoms with van der Waals surface area (Å²) in [6, 6.07) is 20.5. The van der Waals surface area contributed by atoms with E-state index in [2.05, 4.69) is 38.1 Å². The summed E-state index contributed by atoms with van der Waals surface area (Å²) in [5.41, 5.74) is 5.58. The molecule has 0 saturated carbocycles. The zero-order valence-corrected chi connectivity index (χ0v) is 16.0. The van der Waals surface area contributed by atoms with Crippen LogP contribution in [-0.2, 0) is 0 Å². The Labute approximate surface area is 147 Å². The molecule has 130 valence electrons. The van der Waals surface area contributed by atoms with E-state index in [4.69, 9.17) is 5.73 Å². The van der Waals surface area contributed by atoms with Gasteiger partial charge >= 0.3 is 0 Å². The third kappa shape index (κ3) is 4.15. The summed E-state index contributed by atoms with van der Waals surface area (Å²) in [5.74, 6) is 0. The monoisotopic (exact) mass is 341 g/mol. The summed E-state index contributed by atoms with van der Waals surface area (Å²) in [4.78, 5) is 12.0. The number of hydrogen-bond acceptors (Lipinski definition) is 2. The van der Waals surface area contributed by atoms with Crippen LogP contribution in [0.3, 0.4) is 0 Å². The van der Waals surface area contributed by atoms with Crippen LogP contribution in [0.5, 0.6) is 0 Å². The van der Waals surface area contributed by atoms with E-state index in [9.17, 15) is 4.80 Å². The molecule has 2 nitrogen and oxygen atoms in total. The lowest BCUT2D eigenvalue weighted by atomic mass is 10.0. The highest BCUT2D eigenvalue weighted by Crippen LogP contribution is 2.40. The SMILES string of the molecule is CC(C)(CCCCCCN)[Si](O)(c1ccccc1)c1ccccc1. The normalized spacial score (nSPS) is 12.3. The predicted octanol–water partition coefficient (Wildman–Crippen LogP) is 3.43. The van der Waals surface area contributed by atoms with E-state index < -0.39 is 8.32 Å². The molecule has 3 heteroatoms. The summed E-state index contributed by atoms with van der Waals surface area (Å²) >= 11 is 0. The second-order valence-corrected chi connectivity index (χ2v) is 11.2. The minimum Gasteiger partial charge on any atom is -0.424 e. The van der Waals surface area contributed by atoms with Crippen LogP contribution in [0.2, 0.25) is 5.04 Å². The molecule has 0 aliphatic rings. The molecule has 0 amide bonds.